The predicted octanol–water partition coefficient (Wildman–Crippen LogP) is 3.11. The largest absolute Gasteiger partial charge is 0.481 e. The molecule has 1 N–H and O–H groups in total. The lowest BCUT2D eigenvalue weighted by Crippen LogP contribution is -2.40. The van der Waals surface area contributed by atoms with Crippen molar-refractivity contribution in [3.63, 3.8) is 0 Å². The van der Waals surface area contributed by atoms with E-state index in [2.05, 4.69) is 15.9 Å². The van der Waals surface area contributed by atoms with Crippen molar-refractivity contribution in [1.82, 2.24) is 0 Å². The van der Waals surface area contributed by atoms with Crippen LogP contribution in [0.5, 0.6) is 0 Å². The van der Waals surface area contributed by atoms with E-state index in [0.29, 0.717) is 0 Å². The van der Waals surface area contributed by atoms with Crippen LogP contribution in [0.25, 0.3) is 0 Å². The molecule has 0 aliphatic heterocycles. The molecule has 0 bridgehead atoms. The molecule has 2 aliphatic carbocycles. The van der Waals surface area contributed by atoms with Gasteiger partial charge in [-0.25, -0.2) is 17.6 Å². The molecule has 3 nitrogen and oxygen atoms in total. The molecule has 0 heterocycles. The Morgan fingerprint density at radius 3 is 1.58 bits per heavy atom. The summed E-state index contributed by atoms with van der Waals surface area (Å²) in [7, 11) is 0. The molecule has 0 spiro atoms. The van der Waals surface area contributed by atoms with Crippen LogP contribution in [0.3, 0.4) is 0 Å². The van der Waals surface area contributed by atoms with Crippen LogP contribution < -0.4 is 0 Å². The van der Waals surface area contributed by atoms with Crippen molar-refractivity contribution in [2.75, 3.05) is 5.33 Å². The third-order valence-corrected chi connectivity index (χ3v) is 3.67. The Morgan fingerprint density at radius 2 is 1.37 bits per heavy atom. The van der Waals surface area contributed by atoms with Crippen molar-refractivity contribution in [1.29, 1.82) is 0 Å². The monoisotopic (exact) mass is 348 g/mol. The summed E-state index contributed by atoms with van der Waals surface area (Å²) in [4.78, 5) is 20.6. The van der Waals surface area contributed by atoms with Crippen LogP contribution in [-0.4, -0.2) is 34.0 Å². The van der Waals surface area contributed by atoms with Gasteiger partial charge in [0.1, 0.15) is 5.78 Å². The van der Waals surface area contributed by atoms with Crippen molar-refractivity contribution >= 4 is 27.7 Å². The second kappa shape index (κ2) is 5.76. The maximum atomic E-state index is 12.1. The fourth-order valence-corrected chi connectivity index (χ4v) is 2.29. The zero-order chi connectivity index (χ0) is 14.8. The summed E-state index contributed by atoms with van der Waals surface area (Å²) in [5, 5.41) is 8.33. The van der Waals surface area contributed by atoms with Crippen LogP contribution in [-0.2, 0) is 9.59 Å². The average Bonchev–Trinajstić information content (AvgIpc) is 2.22. The molecule has 19 heavy (non-hydrogen) atoms. The minimum Gasteiger partial charge on any atom is -0.481 e. The van der Waals surface area contributed by atoms with Crippen molar-refractivity contribution in [3.05, 3.63) is 0 Å². The van der Waals surface area contributed by atoms with Gasteiger partial charge >= 0.3 is 5.97 Å². The average molecular weight is 349 g/mol. The number of hydrogen-bond donors (Lipinski definition) is 1. The van der Waals surface area contributed by atoms with Gasteiger partial charge in [0.05, 0.1) is 11.2 Å². The van der Waals surface area contributed by atoms with E-state index in [1.165, 1.54) is 0 Å². The number of carbonyl (C=O) groups is 2. The molecule has 0 saturated heterocycles. The first-order valence-electron chi connectivity index (χ1n) is 5.63. The number of carboxylic acid groups (broad SMARTS) is 1. The fourth-order valence-electron chi connectivity index (χ4n) is 1.83. The van der Waals surface area contributed by atoms with Gasteiger partial charge < -0.3 is 5.11 Å². The Labute approximate surface area is 115 Å². The van der Waals surface area contributed by atoms with E-state index in [0.717, 1.165) is 0 Å². The predicted molar refractivity (Wildman–Crippen MR) is 61.8 cm³/mol. The molecular weight excluding hydrogens is 336 g/mol. The maximum absolute atomic E-state index is 12.1. The van der Waals surface area contributed by atoms with E-state index in [1.54, 1.807) is 0 Å². The van der Waals surface area contributed by atoms with E-state index >= 15 is 0 Å². The molecular formula is C11H13BrF4O3. The molecule has 0 aromatic rings. The van der Waals surface area contributed by atoms with Gasteiger partial charge in [-0.2, -0.15) is 0 Å². The van der Waals surface area contributed by atoms with Gasteiger partial charge in [-0.3, -0.25) is 9.59 Å². The van der Waals surface area contributed by atoms with Crippen molar-refractivity contribution in [2.24, 2.45) is 11.8 Å². The van der Waals surface area contributed by atoms with E-state index in [4.69, 9.17) is 5.11 Å². The summed E-state index contributed by atoms with van der Waals surface area (Å²) < 4.78 is 48.0. The van der Waals surface area contributed by atoms with E-state index in [9.17, 15) is 27.2 Å². The molecule has 0 radical (unpaired) electrons. The first-order chi connectivity index (χ1) is 8.56. The van der Waals surface area contributed by atoms with Gasteiger partial charge in [0, 0.05) is 31.6 Å². The molecule has 0 unspecified atom stereocenters. The molecule has 0 aromatic heterocycles. The molecule has 110 valence electrons. The normalized spacial score (nSPS) is 24.5. The zero-order valence-corrected chi connectivity index (χ0v) is 11.4. The quantitative estimate of drug-likeness (QED) is 0.629. The lowest BCUT2D eigenvalue weighted by atomic mass is 9.79. The van der Waals surface area contributed by atoms with E-state index < -0.39 is 42.5 Å². The first-order valence-corrected chi connectivity index (χ1v) is 6.75. The molecule has 0 amide bonds. The summed E-state index contributed by atoms with van der Waals surface area (Å²) in [6, 6.07) is 0. The third kappa shape index (κ3) is 4.74. The number of ketones is 1. The molecule has 2 aliphatic rings. The highest BCUT2D eigenvalue weighted by Gasteiger charge is 2.49. The Morgan fingerprint density at radius 1 is 1.00 bits per heavy atom. The SMILES string of the molecule is O=C(CBr)C1CC(F)(F)C1.O=C(O)C1CC(F)(F)C1. The van der Waals surface area contributed by atoms with Crippen molar-refractivity contribution < 1.29 is 32.3 Å². The van der Waals surface area contributed by atoms with Gasteiger partial charge in [0.15, 0.2) is 0 Å². The summed E-state index contributed by atoms with van der Waals surface area (Å²) in [5.41, 5.74) is 0. The Hall–Kier alpha value is -0.660. The van der Waals surface area contributed by atoms with Crippen LogP contribution in [0.15, 0.2) is 0 Å². The number of alkyl halides is 5. The molecule has 8 heteroatoms. The highest BCUT2D eigenvalue weighted by Crippen LogP contribution is 2.43. The van der Waals surface area contributed by atoms with Crippen molar-refractivity contribution in [2.45, 2.75) is 37.5 Å². The topological polar surface area (TPSA) is 54.4 Å². The van der Waals surface area contributed by atoms with Gasteiger partial charge in [-0.1, -0.05) is 15.9 Å². The summed E-state index contributed by atoms with van der Waals surface area (Å²) in [5.74, 6) is -7.69. The highest BCUT2D eigenvalue weighted by molar-refractivity contribution is 9.09. The number of Topliss-reactive ketones (excluding diaryl/α,β-unsaturated/α-hetero) is 1. The van der Waals surface area contributed by atoms with Gasteiger partial charge in [-0.15, -0.1) is 0 Å². The molecule has 2 rings (SSSR count). The number of hydrogen-bond acceptors (Lipinski definition) is 2. The van der Waals surface area contributed by atoms with Gasteiger partial charge in [0.2, 0.25) is 11.8 Å². The number of aliphatic carboxylic acids is 1. The van der Waals surface area contributed by atoms with E-state index in [-0.39, 0.29) is 24.0 Å². The third-order valence-electron chi connectivity index (χ3n) is 3.12. The Kier molecular flexibility index (Phi) is 4.97. The minimum atomic E-state index is -2.71. The maximum Gasteiger partial charge on any atom is 0.306 e. The fraction of sp³-hybridized carbons (Fsp3) is 0.818. The van der Waals surface area contributed by atoms with Crippen LogP contribution >= 0.6 is 15.9 Å². The number of carboxylic acids is 1. The lowest BCUT2D eigenvalue weighted by molar-refractivity contribution is -0.165. The molecule has 0 aromatic carbocycles. The standard InChI is InChI=1S/C6H7BrF2O.C5H6F2O2/c7-3-5(10)4-1-6(8,9)2-4;6-5(7)1-3(2-5)4(8)9/h4H,1-3H2;3H,1-2H2,(H,8,9). The molecule has 0 atom stereocenters. The van der Waals surface area contributed by atoms with Crippen LogP contribution in [0.4, 0.5) is 17.6 Å². The molecule has 2 fully saturated rings. The summed E-state index contributed by atoms with van der Waals surface area (Å²) in [6.45, 7) is 0. The minimum absolute atomic E-state index is 0.106. The van der Waals surface area contributed by atoms with Gasteiger partial charge in [0.25, 0.3) is 0 Å². The summed E-state index contributed by atoms with van der Waals surface area (Å²) in [6.07, 6.45) is -1.47. The Bertz CT molecular complexity index is 357. The smallest absolute Gasteiger partial charge is 0.306 e. The number of rotatable bonds is 3. The number of halogens is 5. The zero-order valence-electron chi connectivity index (χ0n) is 9.84. The first kappa shape index (κ1) is 16.4. The lowest BCUT2D eigenvalue weighted by Gasteiger charge is -2.33. The summed E-state index contributed by atoms with van der Waals surface area (Å²) >= 11 is 2.93. The van der Waals surface area contributed by atoms with Crippen LogP contribution in [0, 0.1) is 11.8 Å². The second-order valence-electron chi connectivity index (χ2n) is 4.86. The highest BCUT2D eigenvalue weighted by atomic mass is 79.9. The van der Waals surface area contributed by atoms with Gasteiger partial charge in [-0.05, 0) is 0 Å². The molecule has 2 saturated carbocycles. The Balaban J connectivity index is 0.000000191. The van der Waals surface area contributed by atoms with Crippen LogP contribution in [0.1, 0.15) is 25.7 Å². The number of carbonyl (C=O) groups excluding carboxylic acids is 1. The van der Waals surface area contributed by atoms with E-state index in [1.807, 2.05) is 0 Å². The second-order valence-corrected chi connectivity index (χ2v) is 5.42. The van der Waals surface area contributed by atoms with Crippen LogP contribution in [0.2, 0.25) is 0 Å². The van der Waals surface area contributed by atoms with Crippen molar-refractivity contribution in [3.8, 4) is 0 Å².